The molecule has 0 bridgehead atoms. The van der Waals surface area contributed by atoms with Gasteiger partial charge in [-0.2, -0.15) is 5.10 Å². The Kier molecular flexibility index (Phi) is 8.60. The van der Waals surface area contributed by atoms with Gasteiger partial charge in [0.05, 0.1) is 16.8 Å². The lowest BCUT2D eigenvalue weighted by Crippen LogP contribution is -2.48. The van der Waals surface area contributed by atoms with E-state index in [0.717, 1.165) is 48.6 Å². The van der Waals surface area contributed by atoms with E-state index in [1.165, 1.54) is 5.56 Å². The maximum absolute atomic E-state index is 14.1. The van der Waals surface area contributed by atoms with E-state index in [2.05, 4.69) is 26.0 Å². The van der Waals surface area contributed by atoms with E-state index >= 15 is 0 Å². The fraction of sp³-hybridized carbons (Fsp3) is 0.364. The number of amides is 2. The average molecular weight is 538 g/mol. The van der Waals surface area contributed by atoms with Crippen molar-refractivity contribution in [3.8, 4) is 5.69 Å². The molecule has 1 aromatic heterocycles. The third kappa shape index (κ3) is 5.39. The van der Waals surface area contributed by atoms with Crippen LogP contribution in [-0.4, -0.2) is 57.1 Å². The van der Waals surface area contributed by atoms with Crippen LogP contribution in [0.25, 0.3) is 16.6 Å². The summed E-state index contributed by atoms with van der Waals surface area (Å²) in [5.74, 6) is -0.142. The smallest absolute Gasteiger partial charge is 0.275 e. The topological polar surface area (TPSA) is 84.5 Å². The van der Waals surface area contributed by atoms with Crippen molar-refractivity contribution in [2.24, 2.45) is 5.73 Å². The third-order valence-corrected chi connectivity index (χ3v) is 7.89. The molecule has 0 unspecified atom stereocenters. The third-order valence-electron chi connectivity index (χ3n) is 7.89. The van der Waals surface area contributed by atoms with Crippen molar-refractivity contribution in [1.82, 2.24) is 19.6 Å². The van der Waals surface area contributed by atoms with Crippen LogP contribution in [0, 0.1) is 0 Å². The Labute approximate surface area is 236 Å². The van der Waals surface area contributed by atoms with Crippen LogP contribution in [0.3, 0.4) is 0 Å². The van der Waals surface area contributed by atoms with Crippen molar-refractivity contribution in [3.05, 3.63) is 95.2 Å². The molecular weight excluding hydrogens is 498 g/mol. The van der Waals surface area contributed by atoms with Crippen LogP contribution >= 0.6 is 0 Å². The molecule has 208 valence electrons. The second-order valence-electron chi connectivity index (χ2n) is 10.6. The zero-order chi connectivity index (χ0) is 28.1. The Morgan fingerprint density at radius 1 is 0.900 bits per heavy atom. The number of aromatic nitrogens is 2. The Bertz CT molecular complexity index is 1490. The molecule has 40 heavy (non-hydrogen) atoms. The summed E-state index contributed by atoms with van der Waals surface area (Å²) in [6.45, 7) is 6.59. The molecule has 0 spiro atoms. The summed E-state index contributed by atoms with van der Waals surface area (Å²) in [5, 5.41) is 5.68. The highest BCUT2D eigenvalue weighted by Gasteiger charge is 2.31. The van der Waals surface area contributed by atoms with Gasteiger partial charge < -0.3 is 15.5 Å². The van der Waals surface area contributed by atoms with Gasteiger partial charge in [-0.3, -0.25) is 9.59 Å². The fourth-order valence-corrected chi connectivity index (χ4v) is 5.60. The van der Waals surface area contributed by atoms with Gasteiger partial charge in [0.1, 0.15) is 0 Å². The minimum absolute atomic E-state index is 0.0588. The van der Waals surface area contributed by atoms with Crippen molar-refractivity contribution >= 4 is 22.7 Å². The van der Waals surface area contributed by atoms with Crippen LogP contribution in [0.1, 0.15) is 71.5 Å². The molecule has 5 rings (SSSR count). The number of carbonyl (C=O) groups is 2. The predicted molar refractivity (Wildman–Crippen MR) is 160 cm³/mol. The first-order chi connectivity index (χ1) is 19.6. The van der Waals surface area contributed by atoms with E-state index < -0.39 is 0 Å². The quantitative estimate of drug-likeness (QED) is 0.286. The summed E-state index contributed by atoms with van der Waals surface area (Å²) in [6.07, 6.45) is 4.67. The van der Waals surface area contributed by atoms with Gasteiger partial charge in [0.15, 0.2) is 5.69 Å². The van der Waals surface area contributed by atoms with Crippen molar-refractivity contribution < 1.29 is 9.59 Å². The van der Waals surface area contributed by atoms with Crippen LogP contribution in [-0.2, 0) is 13.0 Å². The van der Waals surface area contributed by atoms with Gasteiger partial charge in [-0.15, -0.1) is 0 Å². The second kappa shape index (κ2) is 12.5. The van der Waals surface area contributed by atoms with Gasteiger partial charge >= 0.3 is 0 Å². The van der Waals surface area contributed by atoms with E-state index in [1.807, 2.05) is 70.5 Å². The molecule has 0 aliphatic carbocycles. The Hall–Kier alpha value is -3.97. The highest BCUT2D eigenvalue weighted by Crippen LogP contribution is 2.29. The van der Waals surface area contributed by atoms with Crippen LogP contribution in [0.15, 0.2) is 72.8 Å². The first-order valence-corrected chi connectivity index (χ1v) is 14.5. The second-order valence-corrected chi connectivity index (χ2v) is 10.6. The molecule has 2 N–H and O–H groups in total. The number of carbonyl (C=O) groups excluding carboxylic acids is 2. The molecule has 7 nitrogen and oxygen atoms in total. The number of hydrogen-bond acceptors (Lipinski definition) is 4. The summed E-state index contributed by atoms with van der Waals surface area (Å²) in [6, 6.07) is 23.5. The summed E-state index contributed by atoms with van der Waals surface area (Å²) in [4.78, 5) is 31.8. The van der Waals surface area contributed by atoms with Gasteiger partial charge in [0.25, 0.3) is 11.8 Å². The normalized spacial score (nSPS) is 14.8. The molecule has 7 heteroatoms. The van der Waals surface area contributed by atoms with E-state index in [0.29, 0.717) is 43.1 Å². The molecule has 2 heterocycles. The monoisotopic (exact) mass is 537 g/mol. The average Bonchev–Trinajstić information content (AvgIpc) is 3.39. The number of rotatable bonds is 10. The summed E-state index contributed by atoms with van der Waals surface area (Å²) in [5.41, 5.74) is 11.0. The number of benzene rings is 3. The Balaban J connectivity index is 1.55. The largest absolute Gasteiger partial charge is 0.337 e. The minimum Gasteiger partial charge on any atom is -0.337 e. The summed E-state index contributed by atoms with van der Waals surface area (Å²) < 4.78 is 1.77. The number of nitrogens with two attached hydrogens (primary N) is 1. The Morgan fingerprint density at radius 2 is 1.55 bits per heavy atom. The van der Waals surface area contributed by atoms with Crippen LogP contribution in [0.4, 0.5) is 0 Å². The molecule has 1 aliphatic heterocycles. The van der Waals surface area contributed by atoms with Gasteiger partial charge in [-0.05, 0) is 48.6 Å². The molecule has 0 saturated heterocycles. The summed E-state index contributed by atoms with van der Waals surface area (Å²) >= 11 is 0. The zero-order valence-corrected chi connectivity index (χ0v) is 23.6. The van der Waals surface area contributed by atoms with Gasteiger partial charge in [0, 0.05) is 37.6 Å². The van der Waals surface area contributed by atoms with Gasteiger partial charge in [0.2, 0.25) is 0 Å². The first kappa shape index (κ1) is 27.6. The molecular formula is C33H39N5O2. The lowest BCUT2D eigenvalue weighted by atomic mass is 9.93. The molecule has 0 fully saturated rings. The van der Waals surface area contributed by atoms with Crippen molar-refractivity contribution in [2.75, 3.05) is 19.6 Å². The maximum Gasteiger partial charge on any atom is 0.275 e. The Morgan fingerprint density at radius 3 is 2.27 bits per heavy atom. The molecule has 2 amide bonds. The van der Waals surface area contributed by atoms with Gasteiger partial charge in [-0.25, -0.2) is 4.68 Å². The summed E-state index contributed by atoms with van der Waals surface area (Å²) in [7, 11) is 0. The lowest BCUT2D eigenvalue weighted by molar-refractivity contribution is 0.0647. The van der Waals surface area contributed by atoms with Crippen molar-refractivity contribution in [1.29, 1.82) is 0 Å². The van der Waals surface area contributed by atoms with Crippen molar-refractivity contribution in [2.45, 2.75) is 58.5 Å². The van der Waals surface area contributed by atoms with E-state index in [1.54, 1.807) is 4.68 Å². The first-order valence-electron chi connectivity index (χ1n) is 14.5. The number of para-hydroxylation sites is 2. The molecule has 1 atom stereocenters. The van der Waals surface area contributed by atoms with Crippen molar-refractivity contribution in [3.63, 3.8) is 0 Å². The van der Waals surface area contributed by atoms with Crippen LogP contribution in [0.2, 0.25) is 0 Å². The molecule has 4 aromatic rings. The van der Waals surface area contributed by atoms with Gasteiger partial charge in [-0.1, -0.05) is 81.3 Å². The van der Waals surface area contributed by atoms with E-state index in [-0.39, 0.29) is 17.9 Å². The fourth-order valence-electron chi connectivity index (χ4n) is 5.60. The zero-order valence-electron chi connectivity index (χ0n) is 23.6. The number of nitrogens with zero attached hydrogens (tertiary/aromatic N) is 4. The molecule has 0 saturated carbocycles. The molecule has 3 aromatic carbocycles. The number of fused-ring (bicyclic) bond motifs is 2. The lowest BCUT2D eigenvalue weighted by Gasteiger charge is -2.36. The molecule has 1 aliphatic rings. The highest BCUT2D eigenvalue weighted by atomic mass is 16.2. The van der Waals surface area contributed by atoms with E-state index in [9.17, 15) is 9.59 Å². The van der Waals surface area contributed by atoms with Crippen LogP contribution in [0.5, 0.6) is 0 Å². The molecule has 0 radical (unpaired) electrons. The number of unbranched alkanes of at least 4 members (excludes halogenated alkanes) is 2. The minimum atomic E-state index is -0.0901. The maximum atomic E-state index is 14.1. The number of hydrogen-bond donors (Lipinski definition) is 1. The standard InChI is InChI=1S/C33H39N5O2/c1-3-5-19-36(20-6-4-2)33(40)31-27-15-9-11-17-29(27)38(35-31)30-18-12-10-16-28(30)32(39)37-23-25-14-8-7-13-24(25)21-26(37)22-34/h7-18,26H,3-6,19-23,34H2,1-2H3/t26-/m0/s1. The highest BCUT2D eigenvalue weighted by molar-refractivity contribution is 6.06. The van der Waals surface area contributed by atoms with E-state index in [4.69, 9.17) is 10.8 Å². The SMILES string of the molecule is CCCCN(CCCC)C(=O)c1nn(-c2ccccc2C(=O)N2Cc3ccccc3C[C@H]2CN)c2ccccc12. The van der Waals surface area contributed by atoms with Crippen LogP contribution < -0.4 is 5.73 Å². The predicted octanol–water partition coefficient (Wildman–Crippen LogP) is 5.59.